The molecule has 4 aromatic rings. The van der Waals surface area contributed by atoms with Crippen LogP contribution in [0, 0.1) is 0 Å². The SMILES string of the molecule is COC(=O)C(C(C)=O)c1cc(NS(=O)(=O)c2ccccc2)cc(OCc2ccccc2)c1NC(=O)c1ccccc1. The van der Waals surface area contributed by atoms with E-state index in [1.165, 1.54) is 31.2 Å². The highest BCUT2D eigenvalue weighted by Crippen LogP contribution is 2.39. The molecule has 10 heteroatoms. The van der Waals surface area contributed by atoms with Crippen molar-refractivity contribution in [2.45, 2.75) is 24.3 Å². The van der Waals surface area contributed by atoms with E-state index in [1.54, 1.807) is 48.5 Å². The average molecular weight is 573 g/mol. The minimum absolute atomic E-state index is 0.00459. The van der Waals surface area contributed by atoms with Gasteiger partial charge in [0.2, 0.25) is 0 Å². The van der Waals surface area contributed by atoms with Crippen molar-refractivity contribution >= 4 is 39.1 Å². The third-order valence-corrected chi connectivity index (χ3v) is 7.50. The van der Waals surface area contributed by atoms with E-state index < -0.39 is 33.6 Å². The number of hydrogen-bond donors (Lipinski definition) is 2. The van der Waals surface area contributed by atoms with Crippen LogP contribution in [-0.2, 0) is 31.0 Å². The van der Waals surface area contributed by atoms with Crippen molar-refractivity contribution in [3.63, 3.8) is 0 Å². The van der Waals surface area contributed by atoms with Crippen molar-refractivity contribution < 1.29 is 32.3 Å². The Bertz CT molecular complexity index is 1640. The molecule has 0 aliphatic rings. The van der Waals surface area contributed by atoms with Gasteiger partial charge in [0.1, 0.15) is 24.1 Å². The number of ether oxygens (including phenoxy) is 2. The third-order valence-electron chi connectivity index (χ3n) is 6.10. The van der Waals surface area contributed by atoms with Crippen LogP contribution in [0.1, 0.15) is 34.3 Å². The van der Waals surface area contributed by atoms with Gasteiger partial charge in [-0.2, -0.15) is 0 Å². The molecule has 1 atom stereocenters. The quantitative estimate of drug-likeness (QED) is 0.188. The molecular weight excluding hydrogens is 544 g/mol. The molecule has 9 nitrogen and oxygen atoms in total. The fourth-order valence-corrected chi connectivity index (χ4v) is 5.19. The van der Waals surface area contributed by atoms with E-state index in [-0.39, 0.29) is 34.2 Å². The molecule has 0 saturated carbocycles. The molecule has 0 aliphatic carbocycles. The molecule has 1 amide bonds. The Morgan fingerprint density at radius 1 is 0.829 bits per heavy atom. The molecule has 0 bridgehead atoms. The second kappa shape index (κ2) is 12.9. The number of amides is 1. The van der Waals surface area contributed by atoms with Crippen LogP contribution >= 0.6 is 0 Å². The Kier molecular flexibility index (Phi) is 9.15. The third kappa shape index (κ3) is 7.17. The summed E-state index contributed by atoms with van der Waals surface area (Å²) in [5.41, 5.74) is 1.16. The first kappa shape index (κ1) is 29.0. The molecule has 2 N–H and O–H groups in total. The summed E-state index contributed by atoms with van der Waals surface area (Å²) in [4.78, 5) is 38.9. The molecule has 210 valence electrons. The molecule has 4 aromatic carbocycles. The predicted octanol–water partition coefficient (Wildman–Crippen LogP) is 5.16. The van der Waals surface area contributed by atoms with Crippen molar-refractivity contribution in [1.82, 2.24) is 0 Å². The highest BCUT2D eigenvalue weighted by atomic mass is 32.2. The van der Waals surface area contributed by atoms with E-state index in [1.807, 2.05) is 30.3 Å². The maximum atomic E-state index is 13.2. The zero-order chi connectivity index (χ0) is 29.4. The minimum Gasteiger partial charge on any atom is -0.487 e. The average Bonchev–Trinajstić information content (AvgIpc) is 2.98. The van der Waals surface area contributed by atoms with Gasteiger partial charge >= 0.3 is 5.97 Å². The van der Waals surface area contributed by atoms with Crippen LogP contribution < -0.4 is 14.8 Å². The van der Waals surface area contributed by atoms with Gasteiger partial charge in [0.15, 0.2) is 0 Å². The summed E-state index contributed by atoms with van der Waals surface area (Å²) in [5.74, 6) is -3.43. The number of Topliss-reactive ketones (excluding diaryl/α,β-unsaturated/α-hetero) is 1. The molecule has 1 unspecified atom stereocenters. The number of sulfonamides is 1. The molecule has 0 radical (unpaired) electrons. The Morgan fingerprint density at radius 3 is 2.00 bits per heavy atom. The highest BCUT2D eigenvalue weighted by Gasteiger charge is 2.32. The van der Waals surface area contributed by atoms with Gasteiger partial charge in [-0.1, -0.05) is 66.7 Å². The van der Waals surface area contributed by atoms with Gasteiger partial charge in [0, 0.05) is 17.2 Å². The summed E-state index contributed by atoms with van der Waals surface area (Å²) in [6.45, 7) is 1.25. The predicted molar refractivity (Wildman–Crippen MR) is 154 cm³/mol. The van der Waals surface area contributed by atoms with Crippen molar-refractivity contribution in [1.29, 1.82) is 0 Å². The fraction of sp³-hybridized carbons (Fsp3) is 0.129. The summed E-state index contributed by atoms with van der Waals surface area (Å²) in [5, 5.41) is 2.77. The molecule has 0 spiro atoms. The van der Waals surface area contributed by atoms with Gasteiger partial charge in [-0.15, -0.1) is 0 Å². The van der Waals surface area contributed by atoms with Gasteiger partial charge in [0.05, 0.1) is 23.4 Å². The van der Waals surface area contributed by atoms with Gasteiger partial charge in [-0.3, -0.25) is 19.1 Å². The molecule has 41 heavy (non-hydrogen) atoms. The van der Waals surface area contributed by atoms with Crippen LogP contribution in [0.15, 0.2) is 108 Å². The van der Waals surface area contributed by atoms with Crippen LogP contribution in [-0.4, -0.2) is 33.2 Å². The Morgan fingerprint density at radius 2 is 1.41 bits per heavy atom. The zero-order valence-electron chi connectivity index (χ0n) is 22.4. The number of benzene rings is 4. The molecule has 0 saturated heterocycles. The number of esters is 1. The number of carbonyl (C=O) groups excluding carboxylic acids is 3. The monoisotopic (exact) mass is 572 g/mol. The summed E-state index contributed by atoms with van der Waals surface area (Å²) in [7, 11) is -2.92. The lowest BCUT2D eigenvalue weighted by atomic mass is 9.92. The lowest BCUT2D eigenvalue weighted by Crippen LogP contribution is -2.24. The summed E-state index contributed by atoms with van der Waals surface area (Å²) >= 11 is 0. The maximum Gasteiger partial charge on any atom is 0.320 e. The molecular formula is C31H28N2O7S. The summed E-state index contributed by atoms with van der Waals surface area (Å²) < 4.78 is 39.8. The lowest BCUT2D eigenvalue weighted by Gasteiger charge is -2.22. The minimum atomic E-state index is -4.06. The number of rotatable bonds is 11. The standard InChI is InChI=1S/C31H28N2O7S/c1-21(34)28(31(36)39-2)26-18-24(33-41(37,38)25-16-10-5-11-17-25)19-27(40-20-22-12-6-3-7-13-22)29(26)32-30(35)23-14-8-4-9-15-23/h3-19,28,33H,20H2,1-2H3,(H,32,35). The van der Waals surface area contributed by atoms with Crippen molar-refractivity contribution in [3.8, 4) is 5.75 Å². The molecule has 0 fully saturated rings. The molecule has 4 rings (SSSR count). The Balaban J connectivity index is 1.88. The van der Waals surface area contributed by atoms with Crippen LogP contribution in [0.5, 0.6) is 5.75 Å². The largest absolute Gasteiger partial charge is 0.487 e. The van der Waals surface area contributed by atoms with Gasteiger partial charge in [-0.05, 0) is 42.8 Å². The number of ketones is 1. The first-order chi connectivity index (χ1) is 19.7. The normalized spacial score (nSPS) is 11.7. The van der Waals surface area contributed by atoms with E-state index in [0.717, 1.165) is 12.7 Å². The van der Waals surface area contributed by atoms with Crippen LogP contribution in [0.4, 0.5) is 11.4 Å². The second-order valence-corrected chi connectivity index (χ2v) is 10.7. The first-order valence-corrected chi connectivity index (χ1v) is 14.0. The number of hydrogen-bond acceptors (Lipinski definition) is 7. The number of carbonyl (C=O) groups is 3. The van der Waals surface area contributed by atoms with Gasteiger partial charge in [0.25, 0.3) is 15.9 Å². The fourth-order valence-electron chi connectivity index (χ4n) is 4.13. The Labute approximate surface area is 238 Å². The van der Waals surface area contributed by atoms with Crippen LogP contribution in [0.2, 0.25) is 0 Å². The van der Waals surface area contributed by atoms with E-state index in [9.17, 15) is 22.8 Å². The van der Waals surface area contributed by atoms with Crippen LogP contribution in [0.3, 0.4) is 0 Å². The topological polar surface area (TPSA) is 128 Å². The van der Waals surface area contributed by atoms with Crippen molar-refractivity contribution in [2.24, 2.45) is 0 Å². The molecule has 0 aromatic heterocycles. The first-order valence-electron chi connectivity index (χ1n) is 12.6. The second-order valence-electron chi connectivity index (χ2n) is 9.02. The van der Waals surface area contributed by atoms with Crippen LogP contribution in [0.25, 0.3) is 0 Å². The van der Waals surface area contributed by atoms with Gasteiger partial charge in [-0.25, -0.2) is 8.42 Å². The van der Waals surface area contributed by atoms with Crippen molar-refractivity contribution in [2.75, 3.05) is 17.1 Å². The maximum absolute atomic E-state index is 13.2. The van der Waals surface area contributed by atoms with Gasteiger partial charge < -0.3 is 14.8 Å². The molecule has 0 heterocycles. The van der Waals surface area contributed by atoms with E-state index in [2.05, 4.69) is 10.0 Å². The summed E-state index contributed by atoms with van der Waals surface area (Å²) in [6, 6.07) is 27.9. The number of anilines is 2. The Hall–Kier alpha value is -4.96. The molecule has 0 aliphatic heterocycles. The van der Waals surface area contributed by atoms with E-state index >= 15 is 0 Å². The van der Waals surface area contributed by atoms with E-state index in [0.29, 0.717) is 5.56 Å². The smallest absolute Gasteiger partial charge is 0.320 e. The van der Waals surface area contributed by atoms with E-state index in [4.69, 9.17) is 9.47 Å². The number of methoxy groups -OCH3 is 1. The summed E-state index contributed by atoms with van der Waals surface area (Å²) in [6.07, 6.45) is 0. The lowest BCUT2D eigenvalue weighted by molar-refractivity contribution is -0.145. The van der Waals surface area contributed by atoms with Crippen molar-refractivity contribution in [3.05, 3.63) is 120 Å². The number of nitrogens with one attached hydrogen (secondary N) is 2. The zero-order valence-corrected chi connectivity index (χ0v) is 23.2. The highest BCUT2D eigenvalue weighted by molar-refractivity contribution is 7.92.